The molecule has 1 aromatic carbocycles. The number of carbonyl (C=O) groups excluding carboxylic acids is 1. The molecule has 0 saturated carbocycles. The van der Waals surface area contributed by atoms with Gasteiger partial charge in [-0.1, -0.05) is 5.16 Å². The second-order valence-corrected chi connectivity index (χ2v) is 8.10. The molecule has 0 aliphatic carbocycles. The molecule has 2 aromatic heterocycles. The zero-order valence-corrected chi connectivity index (χ0v) is 16.8. The van der Waals surface area contributed by atoms with Crippen LogP contribution in [0.3, 0.4) is 0 Å². The fraction of sp³-hybridized carbons (Fsp3) is 0.176. The predicted octanol–water partition coefficient (Wildman–Crippen LogP) is 2.33. The van der Waals surface area contributed by atoms with Crippen molar-refractivity contribution in [2.75, 3.05) is 6.61 Å². The van der Waals surface area contributed by atoms with E-state index in [1.165, 1.54) is 18.2 Å². The van der Waals surface area contributed by atoms with Gasteiger partial charge >= 0.3 is 5.97 Å². The molecular formula is C17H15BrN4O5S. The predicted molar refractivity (Wildman–Crippen MR) is 102 cm³/mol. The van der Waals surface area contributed by atoms with E-state index in [9.17, 15) is 13.2 Å². The van der Waals surface area contributed by atoms with Crippen LogP contribution in [-0.4, -0.2) is 36.1 Å². The quantitative estimate of drug-likeness (QED) is 0.413. The number of halogens is 1. The van der Waals surface area contributed by atoms with Crippen molar-refractivity contribution in [2.24, 2.45) is 5.14 Å². The zero-order valence-electron chi connectivity index (χ0n) is 14.4. The van der Waals surface area contributed by atoms with Gasteiger partial charge in [0.25, 0.3) is 0 Å². The molecule has 28 heavy (non-hydrogen) atoms. The highest BCUT2D eigenvalue weighted by molar-refractivity contribution is 9.10. The minimum Gasteiger partial charge on any atom is -0.462 e. The van der Waals surface area contributed by atoms with E-state index < -0.39 is 16.0 Å². The van der Waals surface area contributed by atoms with Crippen LogP contribution < -0.4 is 5.14 Å². The second-order valence-electron chi connectivity index (χ2n) is 5.68. The number of primary sulfonamides is 1. The number of carbonyl (C=O) groups is 1. The molecule has 0 bridgehead atoms. The van der Waals surface area contributed by atoms with Gasteiger partial charge < -0.3 is 9.26 Å². The van der Waals surface area contributed by atoms with Gasteiger partial charge in [-0.3, -0.25) is 4.98 Å². The Morgan fingerprint density at radius 1 is 1.29 bits per heavy atom. The summed E-state index contributed by atoms with van der Waals surface area (Å²) in [6.07, 6.45) is 4.14. The normalized spacial score (nSPS) is 11.4. The van der Waals surface area contributed by atoms with Crippen LogP contribution in [0.4, 0.5) is 0 Å². The van der Waals surface area contributed by atoms with E-state index in [0.717, 1.165) is 5.56 Å². The first-order valence-electron chi connectivity index (χ1n) is 8.07. The molecule has 9 nitrogen and oxygen atoms in total. The van der Waals surface area contributed by atoms with Gasteiger partial charge in [0.1, 0.15) is 0 Å². The third-order valence-electron chi connectivity index (χ3n) is 3.64. The molecular weight excluding hydrogens is 452 g/mol. The molecule has 146 valence electrons. The highest BCUT2D eigenvalue weighted by Gasteiger charge is 2.17. The lowest BCUT2D eigenvalue weighted by Crippen LogP contribution is -2.14. The number of aryl methyl sites for hydroxylation is 1. The highest BCUT2D eigenvalue weighted by Crippen LogP contribution is 2.21. The molecule has 2 N–H and O–H groups in total. The molecule has 3 aromatic rings. The summed E-state index contributed by atoms with van der Waals surface area (Å²) in [5.41, 5.74) is 0.812. The minimum atomic E-state index is -3.92. The van der Waals surface area contributed by atoms with Crippen LogP contribution in [0.1, 0.15) is 22.7 Å². The van der Waals surface area contributed by atoms with Crippen molar-refractivity contribution in [1.29, 1.82) is 0 Å². The maximum Gasteiger partial charge on any atom is 0.339 e. The molecule has 3 rings (SSSR count). The van der Waals surface area contributed by atoms with E-state index >= 15 is 0 Å². The Hall–Kier alpha value is -2.63. The van der Waals surface area contributed by atoms with Crippen molar-refractivity contribution in [3.63, 3.8) is 0 Å². The van der Waals surface area contributed by atoms with Gasteiger partial charge in [0.15, 0.2) is 0 Å². The van der Waals surface area contributed by atoms with Crippen molar-refractivity contribution in [1.82, 2.24) is 15.1 Å². The lowest BCUT2D eigenvalue weighted by molar-refractivity contribution is 0.0497. The molecule has 11 heteroatoms. The molecule has 0 aliphatic rings. The third kappa shape index (κ3) is 5.00. The number of hydrogen-bond donors (Lipinski definition) is 1. The topological polar surface area (TPSA) is 138 Å². The van der Waals surface area contributed by atoms with E-state index in [-0.39, 0.29) is 17.1 Å². The van der Waals surface area contributed by atoms with Crippen LogP contribution in [0, 0.1) is 0 Å². The lowest BCUT2D eigenvalue weighted by atomic mass is 10.2. The number of rotatable bonds is 7. The van der Waals surface area contributed by atoms with Crippen LogP contribution in [0.25, 0.3) is 11.4 Å². The molecule has 0 fully saturated rings. The number of nitrogens with two attached hydrogens (primary N) is 1. The van der Waals surface area contributed by atoms with Gasteiger partial charge in [-0.05, 0) is 52.7 Å². The van der Waals surface area contributed by atoms with Crippen LogP contribution in [0.15, 0.2) is 56.6 Å². The van der Waals surface area contributed by atoms with Crippen molar-refractivity contribution in [3.05, 3.63) is 58.7 Å². The van der Waals surface area contributed by atoms with Gasteiger partial charge in [0.05, 0.1) is 17.1 Å². The Balaban J connectivity index is 1.55. The smallest absolute Gasteiger partial charge is 0.339 e. The van der Waals surface area contributed by atoms with Gasteiger partial charge in [0.2, 0.25) is 21.7 Å². The summed E-state index contributed by atoms with van der Waals surface area (Å²) in [6, 6.07) is 7.48. The maximum absolute atomic E-state index is 12.2. The Morgan fingerprint density at radius 3 is 2.82 bits per heavy atom. The summed E-state index contributed by atoms with van der Waals surface area (Å²) in [5, 5.41) is 8.97. The third-order valence-corrected chi connectivity index (χ3v) is 5.24. The Bertz CT molecular complexity index is 1090. The Kier molecular flexibility index (Phi) is 6.17. The summed E-state index contributed by atoms with van der Waals surface area (Å²) in [6.45, 7) is 0.0927. The van der Waals surface area contributed by atoms with Gasteiger partial charge in [-0.15, -0.1) is 0 Å². The number of ether oxygens (including phenoxy) is 1. The van der Waals surface area contributed by atoms with E-state index in [2.05, 4.69) is 31.1 Å². The highest BCUT2D eigenvalue weighted by atomic mass is 79.9. The monoisotopic (exact) mass is 466 g/mol. The lowest BCUT2D eigenvalue weighted by Gasteiger charge is -2.07. The average Bonchev–Trinajstić information content (AvgIpc) is 3.14. The van der Waals surface area contributed by atoms with Crippen LogP contribution in [-0.2, 0) is 21.2 Å². The van der Waals surface area contributed by atoms with Gasteiger partial charge in [-0.25, -0.2) is 18.4 Å². The number of aromatic nitrogens is 3. The van der Waals surface area contributed by atoms with Crippen LogP contribution in [0.5, 0.6) is 0 Å². The number of benzene rings is 1. The standard InChI is InChI=1S/C17H15BrN4O5S/c18-14-6-5-12(28(19,24)25)9-13(14)17(23)26-8-2-4-15-21-16(22-27-15)11-3-1-7-20-10-11/h1,3,5-7,9-10H,2,4,8H2,(H2,19,24,25). The maximum atomic E-state index is 12.2. The largest absolute Gasteiger partial charge is 0.462 e. The van der Waals surface area contributed by atoms with Crippen molar-refractivity contribution in [2.45, 2.75) is 17.7 Å². The first-order chi connectivity index (χ1) is 13.3. The van der Waals surface area contributed by atoms with Crippen molar-refractivity contribution >= 4 is 31.9 Å². The molecule has 0 amide bonds. The average molecular weight is 467 g/mol. The number of hydrogen-bond acceptors (Lipinski definition) is 8. The molecule has 0 atom stereocenters. The summed E-state index contributed by atoms with van der Waals surface area (Å²) in [4.78, 5) is 20.3. The minimum absolute atomic E-state index is 0.0724. The Labute approximate surface area is 169 Å². The van der Waals surface area contributed by atoms with Crippen molar-refractivity contribution in [3.8, 4) is 11.4 Å². The van der Waals surface area contributed by atoms with Gasteiger partial charge in [-0.2, -0.15) is 4.98 Å². The molecule has 0 unspecified atom stereocenters. The van der Waals surface area contributed by atoms with E-state index in [4.69, 9.17) is 14.4 Å². The van der Waals surface area contributed by atoms with E-state index in [0.29, 0.717) is 29.0 Å². The molecule has 0 aliphatic heterocycles. The number of sulfonamides is 1. The van der Waals surface area contributed by atoms with Crippen LogP contribution in [0.2, 0.25) is 0 Å². The summed E-state index contributed by atoms with van der Waals surface area (Å²) in [7, 11) is -3.92. The molecule has 2 heterocycles. The van der Waals surface area contributed by atoms with Crippen LogP contribution >= 0.6 is 15.9 Å². The summed E-state index contributed by atoms with van der Waals surface area (Å²) >= 11 is 3.19. The van der Waals surface area contributed by atoms with E-state index in [1.807, 2.05) is 6.07 Å². The number of pyridine rings is 1. The Morgan fingerprint density at radius 2 is 2.11 bits per heavy atom. The SMILES string of the molecule is NS(=O)(=O)c1ccc(Br)c(C(=O)OCCCc2nc(-c3cccnc3)no2)c1. The zero-order chi connectivity index (χ0) is 20.1. The molecule has 0 radical (unpaired) electrons. The number of esters is 1. The molecule has 0 spiro atoms. The number of nitrogens with zero attached hydrogens (tertiary/aromatic N) is 3. The second kappa shape index (κ2) is 8.59. The molecule has 0 saturated heterocycles. The van der Waals surface area contributed by atoms with Crippen molar-refractivity contribution < 1.29 is 22.5 Å². The fourth-order valence-corrected chi connectivity index (χ4v) is 3.22. The first-order valence-corrected chi connectivity index (χ1v) is 10.4. The summed E-state index contributed by atoms with van der Waals surface area (Å²) < 4.78 is 33.6. The van der Waals surface area contributed by atoms with Gasteiger partial charge in [0, 0.05) is 28.9 Å². The fourth-order valence-electron chi connectivity index (χ4n) is 2.27. The van der Waals surface area contributed by atoms with E-state index in [1.54, 1.807) is 18.5 Å². The first kappa shape index (κ1) is 20.1. The summed E-state index contributed by atoms with van der Waals surface area (Å²) in [5.74, 6) is 0.176.